The number of benzene rings is 1. The van der Waals surface area contributed by atoms with Crippen molar-refractivity contribution in [1.29, 1.82) is 0 Å². The number of carbonyl (C=O) groups excluding carboxylic acids is 5. The first-order chi connectivity index (χ1) is 18.6. The first-order valence-corrected chi connectivity index (χ1v) is 13.5. The Hall–Kier alpha value is -3.83. The summed E-state index contributed by atoms with van der Waals surface area (Å²) in [6, 6.07) is 4.31. The van der Waals surface area contributed by atoms with Crippen LogP contribution < -0.4 is 32.3 Å². The average Bonchev–Trinajstić information content (AvgIpc) is 2.86. The van der Waals surface area contributed by atoms with Gasteiger partial charge in [-0.25, -0.2) is 9.59 Å². The van der Waals surface area contributed by atoms with Gasteiger partial charge in [0.1, 0.15) is 18.7 Å². The molecule has 0 radical (unpaired) electrons. The van der Waals surface area contributed by atoms with Gasteiger partial charge in [0.2, 0.25) is 17.7 Å². The average molecular weight is 563 g/mol. The number of urea groups is 1. The van der Waals surface area contributed by atoms with Gasteiger partial charge in [-0.3, -0.25) is 14.4 Å². The van der Waals surface area contributed by atoms with Crippen LogP contribution >= 0.6 is 0 Å². The predicted octanol–water partition coefficient (Wildman–Crippen LogP) is 2.63. The largest absolute Gasteiger partial charge is 0.445 e. The van der Waals surface area contributed by atoms with Gasteiger partial charge in [0, 0.05) is 24.7 Å². The van der Waals surface area contributed by atoms with Gasteiger partial charge >= 0.3 is 12.1 Å². The van der Waals surface area contributed by atoms with E-state index in [2.05, 4.69) is 26.6 Å². The summed E-state index contributed by atoms with van der Waals surface area (Å²) in [6.45, 7) is 13.8. The standard InChI is InChI=1S/C28H46N6O6/c1-17(2)22(34-23(35)18(3)4)25(37)33-21(9-8-14-30-26(29)38)24(36)32-20-12-10-19(11-13-20)15-40-27(39)31-16-28(5,6)7/h10-13,17-18,21-22H,8-9,14-16H2,1-7H3,(H,31,39)(H,32,36)(H,33,37)(H,34,35)(H3,29,30,38). The molecule has 224 valence electrons. The minimum atomic E-state index is -0.936. The van der Waals surface area contributed by atoms with E-state index in [0.717, 1.165) is 5.56 Å². The van der Waals surface area contributed by atoms with Crippen LogP contribution in [0.3, 0.4) is 0 Å². The molecule has 1 aromatic rings. The van der Waals surface area contributed by atoms with Gasteiger partial charge in [0.25, 0.3) is 0 Å². The molecule has 0 fully saturated rings. The number of alkyl carbamates (subject to hydrolysis) is 1. The van der Waals surface area contributed by atoms with Crippen LogP contribution in [0, 0.1) is 17.3 Å². The number of carbonyl (C=O) groups is 5. The SMILES string of the molecule is CC(C)C(=O)NC(C(=O)NC(CCCNC(N)=O)C(=O)Nc1ccc(COC(=O)NCC(C)(C)C)cc1)C(C)C. The molecular weight excluding hydrogens is 516 g/mol. The zero-order chi connectivity index (χ0) is 30.5. The summed E-state index contributed by atoms with van der Waals surface area (Å²) in [4.78, 5) is 61.3. The summed E-state index contributed by atoms with van der Waals surface area (Å²) in [5.41, 5.74) is 6.25. The third kappa shape index (κ3) is 13.8. The molecule has 2 atom stereocenters. The maximum atomic E-state index is 13.1. The fraction of sp³-hybridized carbons (Fsp3) is 0.607. The molecule has 0 aliphatic rings. The van der Waals surface area contributed by atoms with Crippen molar-refractivity contribution in [2.75, 3.05) is 18.4 Å². The van der Waals surface area contributed by atoms with E-state index in [1.54, 1.807) is 52.0 Å². The summed E-state index contributed by atoms with van der Waals surface area (Å²) in [6.07, 6.45) is 0.0802. The number of hydrogen-bond donors (Lipinski definition) is 6. The smallest absolute Gasteiger partial charge is 0.407 e. The molecule has 40 heavy (non-hydrogen) atoms. The number of rotatable bonds is 14. The number of hydrogen-bond acceptors (Lipinski definition) is 6. The fourth-order valence-electron chi connectivity index (χ4n) is 3.35. The molecular formula is C28H46N6O6. The molecule has 6 amide bonds. The van der Waals surface area contributed by atoms with Crippen LogP contribution in [0.2, 0.25) is 0 Å². The number of anilines is 1. The highest BCUT2D eigenvalue weighted by Gasteiger charge is 2.29. The third-order valence-corrected chi connectivity index (χ3v) is 5.73. The second-order valence-corrected chi connectivity index (χ2v) is 11.6. The zero-order valence-corrected chi connectivity index (χ0v) is 24.7. The number of ether oxygens (including phenoxy) is 1. The fourth-order valence-corrected chi connectivity index (χ4v) is 3.35. The summed E-state index contributed by atoms with van der Waals surface area (Å²) in [5, 5.41) is 13.4. The Morgan fingerprint density at radius 3 is 2.02 bits per heavy atom. The van der Waals surface area contributed by atoms with Gasteiger partial charge in [-0.05, 0) is 41.9 Å². The molecule has 0 spiro atoms. The molecule has 1 aromatic carbocycles. The van der Waals surface area contributed by atoms with E-state index < -0.39 is 36.0 Å². The first kappa shape index (κ1) is 34.2. The van der Waals surface area contributed by atoms with Crippen LogP contribution in [0.1, 0.15) is 66.9 Å². The van der Waals surface area contributed by atoms with Gasteiger partial charge in [-0.2, -0.15) is 0 Å². The molecule has 0 aromatic heterocycles. The molecule has 7 N–H and O–H groups in total. The van der Waals surface area contributed by atoms with E-state index in [4.69, 9.17) is 10.5 Å². The first-order valence-electron chi connectivity index (χ1n) is 13.5. The molecule has 1 rings (SSSR count). The number of nitrogens with one attached hydrogen (secondary N) is 5. The predicted molar refractivity (Wildman–Crippen MR) is 153 cm³/mol. The maximum Gasteiger partial charge on any atom is 0.407 e. The minimum absolute atomic E-state index is 0.0632. The van der Waals surface area contributed by atoms with Crippen molar-refractivity contribution >= 4 is 35.5 Å². The summed E-state index contributed by atoms with van der Waals surface area (Å²) >= 11 is 0. The molecule has 0 bridgehead atoms. The summed E-state index contributed by atoms with van der Waals surface area (Å²) in [5.74, 6) is -1.73. The number of amides is 6. The van der Waals surface area contributed by atoms with E-state index >= 15 is 0 Å². The highest BCUT2D eigenvalue weighted by atomic mass is 16.5. The summed E-state index contributed by atoms with van der Waals surface area (Å²) < 4.78 is 5.23. The minimum Gasteiger partial charge on any atom is -0.445 e. The molecule has 12 nitrogen and oxygen atoms in total. The molecule has 0 aliphatic heterocycles. The maximum absolute atomic E-state index is 13.1. The molecule has 0 aliphatic carbocycles. The van der Waals surface area contributed by atoms with Crippen LogP contribution in [0.5, 0.6) is 0 Å². The number of nitrogens with two attached hydrogens (primary N) is 1. The van der Waals surface area contributed by atoms with Crippen LogP contribution in [-0.4, -0.2) is 55.0 Å². The van der Waals surface area contributed by atoms with Crippen molar-refractivity contribution in [3.63, 3.8) is 0 Å². The Balaban J connectivity index is 2.85. The quantitative estimate of drug-likeness (QED) is 0.190. The Morgan fingerprint density at radius 2 is 1.50 bits per heavy atom. The van der Waals surface area contributed by atoms with Crippen LogP contribution in [-0.2, 0) is 25.7 Å². The summed E-state index contributed by atoms with van der Waals surface area (Å²) in [7, 11) is 0. The van der Waals surface area contributed by atoms with Gasteiger partial charge in [0.05, 0.1) is 0 Å². The van der Waals surface area contributed by atoms with Crippen LogP contribution in [0.25, 0.3) is 0 Å². The van der Waals surface area contributed by atoms with Crippen molar-refractivity contribution in [3.8, 4) is 0 Å². The normalized spacial score (nSPS) is 12.7. The van der Waals surface area contributed by atoms with Crippen LogP contribution in [0.4, 0.5) is 15.3 Å². The lowest BCUT2D eigenvalue weighted by atomic mass is 9.97. The molecule has 0 heterocycles. The lowest BCUT2D eigenvalue weighted by Crippen LogP contribution is -2.55. The Bertz CT molecular complexity index is 1000. The van der Waals surface area contributed by atoms with Crippen molar-refractivity contribution in [1.82, 2.24) is 21.3 Å². The highest BCUT2D eigenvalue weighted by Crippen LogP contribution is 2.14. The van der Waals surface area contributed by atoms with Crippen molar-refractivity contribution in [2.45, 2.75) is 80.0 Å². The van der Waals surface area contributed by atoms with Gasteiger partial charge in [-0.15, -0.1) is 0 Å². The lowest BCUT2D eigenvalue weighted by molar-refractivity contribution is -0.133. The van der Waals surface area contributed by atoms with Gasteiger partial charge < -0.3 is 37.1 Å². The van der Waals surface area contributed by atoms with E-state index in [0.29, 0.717) is 18.7 Å². The highest BCUT2D eigenvalue weighted by molar-refractivity contribution is 5.98. The van der Waals surface area contributed by atoms with Crippen LogP contribution in [0.15, 0.2) is 24.3 Å². The molecule has 0 saturated carbocycles. The second-order valence-electron chi connectivity index (χ2n) is 11.6. The second kappa shape index (κ2) is 16.3. The third-order valence-electron chi connectivity index (χ3n) is 5.73. The Kier molecular flexibility index (Phi) is 13.9. The zero-order valence-electron chi connectivity index (χ0n) is 24.7. The Labute approximate surface area is 236 Å². The lowest BCUT2D eigenvalue weighted by Gasteiger charge is -2.26. The monoisotopic (exact) mass is 562 g/mol. The van der Waals surface area contributed by atoms with E-state index in [-0.39, 0.29) is 42.7 Å². The molecule has 12 heteroatoms. The van der Waals surface area contributed by atoms with Gasteiger partial charge in [-0.1, -0.05) is 60.6 Å². The van der Waals surface area contributed by atoms with Crippen molar-refractivity contribution < 1.29 is 28.7 Å². The van der Waals surface area contributed by atoms with E-state index in [1.807, 2.05) is 20.8 Å². The van der Waals surface area contributed by atoms with Gasteiger partial charge in [0.15, 0.2) is 0 Å². The molecule has 0 saturated heterocycles. The van der Waals surface area contributed by atoms with E-state index in [1.165, 1.54) is 0 Å². The van der Waals surface area contributed by atoms with Crippen molar-refractivity contribution in [3.05, 3.63) is 29.8 Å². The topological polar surface area (TPSA) is 181 Å². The number of primary amides is 1. The van der Waals surface area contributed by atoms with Crippen molar-refractivity contribution in [2.24, 2.45) is 23.0 Å². The molecule has 2 unspecified atom stereocenters. The Morgan fingerprint density at radius 1 is 0.875 bits per heavy atom. The van der Waals surface area contributed by atoms with E-state index in [9.17, 15) is 24.0 Å².